The van der Waals surface area contributed by atoms with Gasteiger partial charge in [-0.25, -0.2) is 4.98 Å². The summed E-state index contributed by atoms with van der Waals surface area (Å²) in [5, 5.41) is 11.4. The predicted octanol–water partition coefficient (Wildman–Crippen LogP) is 0.293. The number of nitrogens with one attached hydrogen (secondary N) is 1. The minimum atomic E-state index is -0.132. The van der Waals surface area contributed by atoms with Gasteiger partial charge in [0.2, 0.25) is 0 Å². The van der Waals surface area contributed by atoms with E-state index in [1.807, 2.05) is 7.05 Å². The fourth-order valence-corrected chi connectivity index (χ4v) is 2.76. The van der Waals surface area contributed by atoms with Gasteiger partial charge in [0.05, 0.1) is 0 Å². The second kappa shape index (κ2) is 6.27. The van der Waals surface area contributed by atoms with Crippen molar-refractivity contribution < 1.29 is 9.53 Å². The molecule has 0 bridgehead atoms. The van der Waals surface area contributed by atoms with Crippen LogP contribution in [0.4, 0.5) is 0 Å². The molecule has 1 atom stereocenters. The zero-order valence-corrected chi connectivity index (χ0v) is 12.8. The molecule has 0 fully saturated rings. The molecule has 8 nitrogen and oxygen atoms in total. The van der Waals surface area contributed by atoms with Gasteiger partial charge in [-0.3, -0.25) is 4.79 Å². The molecule has 0 spiro atoms. The summed E-state index contributed by atoms with van der Waals surface area (Å²) < 4.78 is 8.96. The lowest BCUT2D eigenvalue weighted by Crippen LogP contribution is -2.36. The topological polar surface area (TPSA) is 86.9 Å². The molecule has 3 rings (SSSR count). The number of hydrogen-bond donors (Lipinski definition) is 1. The van der Waals surface area contributed by atoms with Gasteiger partial charge in [0.1, 0.15) is 12.4 Å². The Morgan fingerprint density at radius 3 is 3.05 bits per heavy atom. The minimum absolute atomic E-state index is 0.112. The standard InChI is InChI=1S/C14H20N6O2/c1-19-8-6-15-13(19)14(21)16-10-3-4-11-17-18-12(9-22-2)20(11)7-5-10/h6,8,10H,3-5,7,9H2,1-2H3,(H,16,21). The molecular weight excluding hydrogens is 284 g/mol. The molecule has 118 valence electrons. The van der Waals surface area contributed by atoms with Crippen molar-refractivity contribution in [3.05, 3.63) is 29.9 Å². The highest BCUT2D eigenvalue weighted by atomic mass is 16.5. The SMILES string of the molecule is COCc1nnc2n1CCC(NC(=O)c1nccn1C)CC2. The summed E-state index contributed by atoms with van der Waals surface area (Å²) in [7, 11) is 3.46. The summed E-state index contributed by atoms with van der Waals surface area (Å²) in [5.74, 6) is 2.10. The molecule has 22 heavy (non-hydrogen) atoms. The molecule has 1 aliphatic rings. The van der Waals surface area contributed by atoms with Crippen molar-refractivity contribution in [2.75, 3.05) is 7.11 Å². The van der Waals surface area contributed by atoms with Crippen molar-refractivity contribution >= 4 is 5.91 Å². The molecule has 8 heteroatoms. The Balaban J connectivity index is 1.65. The van der Waals surface area contributed by atoms with Gasteiger partial charge in [0.15, 0.2) is 11.6 Å². The normalized spacial score (nSPS) is 17.8. The second-order valence-electron chi connectivity index (χ2n) is 5.48. The first-order valence-corrected chi connectivity index (χ1v) is 7.37. The molecule has 0 aromatic carbocycles. The Hall–Kier alpha value is -2.22. The fraction of sp³-hybridized carbons (Fsp3) is 0.571. The molecule has 1 amide bonds. The first-order valence-electron chi connectivity index (χ1n) is 7.37. The molecule has 0 saturated heterocycles. The summed E-state index contributed by atoms with van der Waals surface area (Å²) in [6.45, 7) is 1.24. The third kappa shape index (κ3) is 2.87. The Kier molecular flexibility index (Phi) is 4.19. The average Bonchev–Trinajstić information content (AvgIpc) is 3.03. The average molecular weight is 304 g/mol. The van der Waals surface area contributed by atoms with Crippen LogP contribution >= 0.6 is 0 Å². The van der Waals surface area contributed by atoms with E-state index in [2.05, 4.69) is 25.1 Å². The Labute approximate surface area is 128 Å². The second-order valence-corrected chi connectivity index (χ2v) is 5.48. The lowest BCUT2D eigenvalue weighted by atomic mass is 10.1. The highest BCUT2D eigenvalue weighted by Gasteiger charge is 2.22. The van der Waals surface area contributed by atoms with Crippen molar-refractivity contribution in [2.24, 2.45) is 7.05 Å². The van der Waals surface area contributed by atoms with Gasteiger partial charge in [-0.15, -0.1) is 10.2 Å². The van der Waals surface area contributed by atoms with E-state index in [0.717, 1.165) is 37.5 Å². The Morgan fingerprint density at radius 2 is 2.32 bits per heavy atom. The van der Waals surface area contributed by atoms with Crippen LogP contribution in [0.1, 0.15) is 35.1 Å². The van der Waals surface area contributed by atoms with E-state index in [9.17, 15) is 4.79 Å². The first kappa shape index (κ1) is 14.7. The van der Waals surface area contributed by atoms with Crippen LogP contribution in [0.25, 0.3) is 0 Å². The number of carbonyl (C=O) groups excluding carboxylic acids is 1. The predicted molar refractivity (Wildman–Crippen MR) is 78.1 cm³/mol. The zero-order valence-electron chi connectivity index (χ0n) is 12.8. The molecule has 1 aliphatic heterocycles. The van der Waals surface area contributed by atoms with Gasteiger partial charge in [-0.2, -0.15) is 0 Å². The number of nitrogens with zero attached hydrogens (tertiary/aromatic N) is 5. The van der Waals surface area contributed by atoms with E-state index in [1.165, 1.54) is 0 Å². The van der Waals surface area contributed by atoms with E-state index >= 15 is 0 Å². The highest BCUT2D eigenvalue weighted by Crippen LogP contribution is 2.16. The molecule has 0 radical (unpaired) electrons. The van der Waals surface area contributed by atoms with Gasteiger partial charge in [0, 0.05) is 45.6 Å². The third-order valence-electron chi connectivity index (χ3n) is 3.95. The Bertz CT molecular complexity index is 662. The number of fused-ring (bicyclic) bond motifs is 1. The fourth-order valence-electron chi connectivity index (χ4n) is 2.76. The summed E-state index contributed by atoms with van der Waals surface area (Å²) in [5.41, 5.74) is 0. The number of imidazole rings is 1. The maximum Gasteiger partial charge on any atom is 0.287 e. The van der Waals surface area contributed by atoms with Crippen molar-refractivity contribution in [3.63, 3.8) is 0 Å². The van der Waals surface area contributed by atoms with Crippen LogP contribution in [0.2, 0.25) is 0 Å². The highest BCUT2D eigenvalue weighted by molar-refractivity contribution is 5.90. The number of rotatable bonds is 4. The largest absolute Gasteiger partial charge is 0.377 e. The number of methoxy groups -OCH3 is 1. The summed E-state index contributed by atoms with van der Waals surface area (Å²) >= 11 is 0. The third-order valence-corrected chi connectivity index (χ3v) is 3.95. The molecule has 0 aliphatic carbocycles. The van der Waals surface area contributed by atoms with Gasteiger partial charge in [-0.05, 0) is 12.8 Å². The molecule has 1 unspecified atom stereocenters. The van der Waals surface area contributed by atoms with Crippen LogP contribution < -0.4 is 5.32 Å². The molecular formula is C14H20N6O2. The maximum absolute atomic E-state index is 12.2. The van der Waals surface area contributed by atoms with Crippen LogP contribution in [-0.4, -0.2) is 43.4 Å². The van der Waals surface area contributed by atoms with Gasteiger partial charge in [0.25, 0.3) is 5.91 Å². The number of ether oxygens (including phenoxy) is 1. The van der Waals surface area contributed by atoms with E-state index in [1.54, 1.807) is 24.1 Å². The summed E-state index contributed by atoms with van der Waals surface area (Å²) in [6, 6.07) is 0.112. The smallest absolute Gasteiger partial charge is 0.287 e. The molecule has 0 saturated carbocycles. The number of aromatic nitrogens is 5. The number of amides is 1. The number of carbonyl (C=O) groups is 1. The summed E-state index contributed by atoms with van der Waals surface area (Å²) in [4.78, 5) is 16.3. The maximum atomic E-state index is 12.2. The molecule has 2 aromatic heterocycles. The van der Waals surface area contributed by atoms with Gasteiger partial charge < -0.3 is 19.2 Å². The van der Waals surface area contributed by atoms with Crippen LogP contribution in [0.15, 0.2) is 12.4 Å². The molecule has 3 heterocycles. The molecule has 2 aromatic rings. The van der Waals surface area contributed by atoms with E-state index in [4.69, 9.17) is 4.74 Å². The quantitative estimate of drug-likeness (QED) is 0.877. The Morgan fingerprint density at radius 1 is 1.45 bits per heavy atom. The van der Waals surface area contributed by atoms with E-state index in [0.29, 0.717) is 12.4 Å². The van der Waals surface area contributed by atoms with Crippen LogP contribution in [0, 0.1) is 0 Å². The van der Waals surface area contributed by atoms with E-state index < -0.39 is 0 Å². The number of aryl methyl sites for hydroxylation is 2. The van der Waals surface area contributed by atoms with Gasteiger partial charge >= 0.3 is 0 Å². The lowest BCUT2D eigenvalue weighted by Gasteiger charge is -2.16. The lowest BCUT2D eigenvalue weighted by molar-refractivity contribution is 0.0919. The monoisotopic (exact) mass is 304 g/mol. The van der Waals surface area contributed by atoms with Crippen molar-refractivity contribution in [3.8, 4) is 0 Å². The van der Waals surface area contributed by atoms with Crippen LogP contribution in [0.3, 0.4) is 0 Å². The molecule has 1 N–H and O–H groups in total. The van der Waals surface area contributed by atoms with Crippen molar-refractivity contribution in [2.45, 2.75) is 38.5 Å². The van der Waals surface area contributed by atoms with Crippen LogP contribution in [0.5, 0.6) is 0 Å². The van der Waals surface area contributed by atoms with E-state index in [-0.39, 0.29) is 11.9 Å². The van der Waals surface area contributed by atoms with Crippen molar-refractivity contribution in [1.82, 2.24) is 29.6 Å². The van der Waals surface area contributed by atoms with Crippen LogP contribution in [-0.2, 0) is 31.4 Å². The first-order chi connectivity index (χ1) is 10.7. The zero-order chi connectivity index (χ0) is 15.5. The minimum Gasteiger partial charge on any atom is -0.377 e. The number of hydrogen-bond acceptors (Lipinski definition) is 5. The summed E-state index contributed by atoms with van der Waals surface area (Å²) in [6.07, 6.45) is 5.88. The van der Waals surface area contributed by atoms with Gasteiger partial charge in [-0.1, -0.05) is 0 Å². The van der Waals surface area contributed by atoms with Crippen molar-refractivity contribution in [1.29, 1.82) is 0 Å².